The van der Waals surface area contributed by atoms with E-state index in [9.17, 15) is 4.79 Å². The molecule has 6 nitrogen and oxygen atoms in total. The molecule has 0 spiro atoms. The van der Waals surface area contributed by atoms with E-state index in [1.165, 1.54) is 17.7 Å². The number of hydrogen-bond acceptors (Lipinski definition) is 6. The van der Waals surface area contributed by atoms with Gasteiger partial charge in [0.15, 0.2) is 5.69 Å². The van der Waals surface area contributed by atoms with Crippen LogP contribution >= 0.6 is 11.7 Å². The Bertz CT molecular complexity index is 742. The van der Waals surface area contributed by atoms with Crippen LogP contribution < -0.4 is 4.90 Å². The molecule has 2 saturated heterocycles. The standard InChI is InChI=1S/C19H25N5OS/c1-15-5-2-3-7-18(15)23-11-9-22(10-12-23)16-6-4-8-24(14-16)19(25)17-13-20-26-21-17/h2-3,5,7,13,16H,4,6,8-12,14H2,1H3. The number of hydrogen-bond donors (Lipinski definition) is 0. The number of benzene rings is 1. The molecule has 0 saturated carbocycles. The van der Waals surface area contributed by atoms with Crippen molar-refractivity contribution in [2.24, 2.45) is 0 Å². The third kappa shape index (κ3) is 3.59. The van der Waals surface area contributed by atoms with Crippen LogP contribution in [0.2, 0.25) is 0 Å². The summed E-state index contributed by atoms with van der Waals surface area (Å²) < 4.78 is 8.06. The second kappa shape index (κ2) is 7.72. The van der Waals surface area contributed by atoms with Gasteiger partial charge in [-0.1, -0.05) is 18.2 Å². The summed E-state index contributed by atoms with van der Waals surface area (Å²) in [4.78, 5) is 19.6. The van der Waals surface area contributed by atoms with Gasteiger partial charge in [0.2, 0.25) is 0 Å². The van der Waals surface area contributed by atoms with Gasteiger partial charge in [-0.25, -0.2) is 0 Å². The van der Waals surface area contributed by atoms with Crippen molar-refractivity contribution in [1.82, 2.24) is 18.5 Å². The van der Waals surface area contributed by atoms with Crippen molar-refractivity contribution >= 4 is 23.3 Å². The van der Waals surface area contributed by atoms with E-state index in [0.717, 1.165) is 57.4 Å². The number of piperazine rings is 1. The summed E-state index contributed by atoms with van der Waals surface area (Å²) in [6.45, 7) is 8.02. The summed E-state index contributed by atoms with van der Waals surface area (Å²) in [5.74, 6) is 0.0296. The smallest absolute Gasteiger partial charge is 0.275 e. The first-order valence-electron chi connectivity index (χ1n) is 9.34. The summed E-state index contributed by atoms with van der Waals surface area (Å²) in [5.41, 5.74) is 3.18. The number of likely N-dealkylation sites (tertiary alicyclic amines) is 1. The Morgan fingerprint density at radius 3 is 2.69 bits per heavy atom. The van der Waals surface area contributed by atoms with E-state index in [2.05, 4.69) is 49.7 Å². The topological polar surface area (TPSA) is 52.6 Å². The molecule has 2 aliphatic rings. The average Bonchev–Trinajstić information content (AvgIpc) is 3.23. The molecule has 4 rings (SSSR count). The lowest BCUT2D eigenvalue weighted by atomic mass is 10.0. The zero-order chi connectivity index (χ0) is 17.9. The van der Waals surface area contributed by atoms with Crippen molar-refractivity contribution in [3.8, 4) is 0 Å². The number of para-hydroxylation sites is 1. The molecule has 1 aromatic heterocycles. The molecular formula is C19H25N5OS. The molecule has 138 valence electrons. The largest absolute Gasteiger partial charge is 0.369 e. The number of aryl methyl sites for hydroxylation is 1. The second-order valence-electron chi connectivity index (χ2n) is 7.15. The van der Waals surface area contributed by atoms with Crippen LogP contribution in [0.3, 0.4) is 0 Å². The highest BCUT2D eigenvalue weighted by Gasteiger charge is 2.31. The first-order valence-corrected chi connectivity index (χ1v) is 10.1. The molecule has 1 atom stereocenters. The molecule has 1 amide bonds. The summed E-state index contributed by atoms with van der Waals surface area (Å²) in [5, 5.41) is 0. The van der Waals surface area contributed by atoms with E-state index in [4.69, 9.17) is 0 Å². The van der Waals surface area contributed by atoms with Gasteiger partial charge in [0.25, 0.3) is 5.91 Å². The van der Waals surface area contributed by atoms with Crippen molar-refractivity contribution in [3.63, 3.8) is 0 Å². The number of amides is 1. The molecule has 0 bridgehead atoms. The fourth-order valence-corrected chi connectivity index (χ4v) is 4.51. The molecule has 2 fully saturated rings. The summed E-state index contributed by atoms with van der Waals surface area (Å²) in [7, 11) is 0. The lowest BCUT2D eigenvalue weighted by molar-refractivity contribution is 0.0559. The average molecular weight is 372 g/mol. The number of rotatable bonds is 3. The lowest BCUT2D eigenvalue weighted by Gasteiger charge is -2.44. The third-order valence-electron chi connectivity index (χ3n) is 5.55. The summed E-state index contributed by atoms with van der Waals surface area (Å²) in [6.07, 6.45) is 3.81. The zero-order valence-corrected chi connectivity index (χ0v) is 16.0. The van der Waals surface area contributed by atoms with Gasteiger partial charge in [-0.3, -0.25) is 9.69 Å². The minimum Gasteiger partial charge on any atom is -0.369 e. The van der Waals surface area contributed by atoms with Gasteiger partial charge in [0, 0.05) is 51.0 Å². The van der Waals surface area contributed by atoms with E-state index in [1.54, 1.807) is 6.20 Å². The monoisotopic (exact) mass is 371 g/mol. The quantitative estimate of drug-likeness (QED) is 0.828. The highest BCUT2D eigenvalue weighted by atomic mass is 32.1. The van der Waals surface area contributed by atoms with Gasteiger partial charge >= 0.3 is 0 Å². The van der Waals surface area contributed by atoms with Crippen LogP contribution in [0.1, 0.15) is 28.9 Å². The highest BCUT2D eigenvalue weighted by Crippen LogP contribution is 2.24. The lowest BCUT2D eigenvalue weighted by Crippen LogP contribution is -2.56. The number of nitrogens with zero attached hydrogens (tertiary/aromatic N) is 5. The maximum absolute atomic E-state index is 12.6. The maximum Gasteiger partial charge on any atom is 0.275 e. The van der Waals surface area contributed by atoms with Crippen molar-refractivity contribution in [2.45, 2.75) is 25.8 Å². The van der Waals surface area contributed by atoms with Crippen molar-refractivity contribution in [3.05, 3.63) is 41.7 Å². The predicted molar refractivity (Wildman–Crippen MR) is 104 cm³/mol. The molecule has 2 aromatic rings. The van der Waals surface area contributed by atoms with Gasteiger partial charge in [0.05, 0.1) is 17.9 Å². The Labute approximate surface area is 158 Å². The van der Waals surface area contributed by atoms with E-state index in [1.807, 2.05) is 4.90 Å². The number of carbonyl (C=O) groups excluding carboxylic acids is 1. The van der Waals surface area contributed by atoms with Crippen LogP contribution in [0.5, 0.6) is 0 Å². The minimum absolute atomic E-state index is 0.0296. The molecule has 1 aromatic carbocycles. The first kappa shape index (κ1) is 17.4. The van der Waals surface area contributed by atoms with E-state index in [0.29, 0.717) is 11.7 Å². The molecular weight excluding hydrogens is 346 g/mol. The Morgan fingerprint density at radius 1 is 1.15 bits per heavy atom. The van der Waals surface area contributed by atoms with Gasteiger partial charge in [-0.2, -0.15) is 8.75 Å². The molecule has 0 radical (unpaired) electrons. The predicted octanol–water partition coefficient (Wildman–Crippen LogP) is 2.27. The molecule has 1 unspecified atom stereocenters. The van der Waals surface area contributed by atoms with Crippen molar-refractivity contribution in [1.29, 1.82) is 0 Å². The van der Waals surface area contributed by atoms with Crippen molar-refractivity contribution in [2.75, 3.05) is 44.2 Å². The summed E-state index contributed by atoms with van der Waals surface area (Å²) in [6, 6.07) is 9.07. The fourth-order valence-electron chi connectivity index (χ4n) is 4.10. The van der Waals surface area contributed by atoms with Crippen molar-refractivity contribution < 1.29 is 4.79 Å². The Hall–Kier alpha value is -1.99. The molecule has 3 heterocycles. The van der Waals surface area contributed by atoms with Crippen LogP contribution in [0, 0.1) is 6.92 Å². The van der Waals surface area contributed by atoms with Gasteiger partial charge in [0.1, 0.15) is 0 Å². The molecule has 7 heteroatoms. The zero-order valence-electron chi connectivity index (χ0n) is 15.2. The fraction of sp³-hybridized carbons (Fsp3) is 0.526. The number of piperidine rings is 1. The number of aromatic nitrogens is 2. The van der Waals surface area contributed by atoms with Crippen LogP contribution in [0.4, 0.5) is 5.69 Å². The van der Waals surface area contributed by atoms with Crippen LogP contribution in [-0.4, -0.2) is 69.8 Å². The Morgan fingerprint density at radius 2 is 1.96 bits per heavy atom. The SMILES string of the molecule is Cc1ccccc1N1CCN(C2CCCN(C(=O)c3cnsn3)C2)CC1. The second-order valence-corrected chi connectivity index (χ2v) is 7.71. The molecule has 0 aliphatic carbocycles. The van der Waals surface area contributed by atoms with Crippen LogP contribution in [0.15, 0.2) is 30.5 Å². The normalized spacial score (nSPS) is 21.8. The first-order chi connectivity index (χ1) is 12.7. The van der Waals surface area contributed by atoms with Crippen LogP contribution in [-0.2, 0) is 0 Å². The maximum atomic E-state index is 12.6. The van der Waals surface area contributed by atoms with Gasteiger partial charge in [-0.15, -0.1) is 0 Å². The molecule has 0 N–H and O–H groups in total. The van der Waals surface area contributed by atoms with Crippen LogP contribution in [0.25, 0.3) is 0 Å². The van der Waals surface area contributed by atoms with Gasteiger partial charge in [-0.05, 0) is 31.4 Å². The minimum atomic E-state index is 0.0296. The van der Waals surface area contributed by atoms with E-state index in [-0.39, 0.29) is 5.91 Å². The highest BCUT2D eigenvalue weighted by molar-refractivity contribution is 6.99. The van der Waals surface area contributed by atoms with Gasteiger partial charge < -0.3 is 9.80 Å². The Balaban J connectivity index is 1.35. The Kier molecular flexibility index (Phi) is 5.17. The number of carbonyl (C=O) groups is 1. The number of anilines is 1. The van der Waals surface area contributed by atoms with E-state index < -0.39 is 0 Å². The third-order valence-corrected chi connectivity index (χ3v) is 6.03. The summed E-state index contributed by atoms with van der Waals surface area (Å²) >= 11 is 1.10. The van der Waals surface area contributed by atoms with E-state index >= 15 is 0 Å². The molecule has 26 heavy (non-hydrogen) atoms. The molecule has 2 aliphatic heterocycles.